The fraction of sp³-hybridized carbons (Fsp3) is 0.333. The number of benzene rings is 1. The highest BCUT2D eigenvalue weighted by atomic mass is 35.5. The largest absolute Gasteiger partial charge is 0.395 e. The smallest absolute Gasteiger partial charge is 0.270 e. The number of carbonyl (C=O) groups excluding carboxylic acids is 1. The summed E-state index contributed by atoms with van der Waals surface area (Å²) in [7, 11) is 0. The second kappa shape index (κ2) is 7.11. The number of aliphatic hydroxyl groups is 1. The van der Waals surface area contributed by atoms with E-state index < -0.39 is 0 Å². The van der Waals surface area contributed by atoms with Crippen LogP contribution in [0.1, 0.15) is 17.4 Å². The zero-order valence-corrected chi connectivity index (χ0v) is 13.4. The molecule has 1 heterocycles. The predicted octanol–water partition coefficient (Wildman–Crippen LogP) is 2.73. The summed E-state index contributed by atoms with van der Waals surface area (Å²) >= 11 is 7.63. The maximum Gasteiger partial charge on any atom is 0.270 e. The lowest BCUT2D eigenvalue weighted by Crippen LogP contribution is -2.41. The molecule has 2 unspecified atom stereocenters. The lowest BCUT2D eigenvalue weighted by molar-refractivity contribution is 0.0931. The van der Waals surface area contributed by atoms with Crippen LogP contribution < -0.4 is 5.32 Å². The number of fused-ring (bicyclic) bond motifs is 1. The molecule has 0 aliphatic heterocycles. The first kappa shape index (κ1) is 16.1. The summed E-state index contributed by atoms with van der Waals surface area (Å²) in [6, 6.07) is 9.08. The predicted molar refractivity (Wildman–Crippen MR) is 88.1 cm³/mol. The minimum atomic E-state index is -0.289. The average molecular weight is 325 g/mol. The van der Waals surface area contributed by atoms with Gasteiger partial charge in [0.2, 0.25) is 0 Å². The zero-order chi connectivity index (χ0) is 15.4. The van der Waals surface area contributed by atoms with Crippen LogP contribution in [0.4, 0.5) is 0 Å². The van der Waals surface area contributed by atoms with E-state index in [4.69, 9.17) is 11.6 Å². The Kier molecular flexibility index (Phi) is 5.45. The minimum Gasteiger partial charge on any atom is -0.395 e. The summed E-state index contributed by atoms with van der Waals surface area (Å²) in [5.74, 6) is -0.289. The van der Waals surface area contributed by atoms with Gasteiger partial charge in [-0.15, -0.1) is 0 Å². The number of thioether (sulfide) groups is 1. The third kappa shape index (κ3) is 3.67. The molecular formula is C15H17ClN2O2S. The molecule has 112 valence electrons. The summed E-state index contributed by atoms with van der Waals surface area (Å²) in [5.41, 5.74) is 0.281. The normalized spacial score (nSPS) is 13.9. The van der Waals surface area contributed by atoms with E-state index >= 15 is 0 Å². The molecule has 4 nitrogen and oxygen atoms in total. The lowest BCUT2D eigenvalue weighted by atomic mass is 10.1. The van der Waals surface area contributed by atoms with Crippen LogP contribution in [0.25, 0.3) is 10.8 Å². The first-order chi connectivity index (χ1) is 10.1. The monoisotopic (exact) mass is 324 g/mol. The lowest BCUT2D eigenvalue weighted by Gasteiger charge is -2.21. The van der Waals surface area contributed by atoms with Gasteiger partial charge < -0.3 is 10.4 Å². The molecule has 0 saturated heterocycles. The summed E-state index contributed by atoms with van der Waals surface area (Å²) in [5, 5.41) is 14.1. The highest BCUT2D eigenvalue weighted by Gasteiger charge is 2.19. The van der Waals surface area contributed by atoms with Crippen molar-refractivity contribution >= 4 is 40.0 Å². The van der Waals surface area contributed by atoms with E-state index in [-0.39, 0.29) is 29.5 Å². The van der Waals surface area contributed by atoms with Crippen LogP contribution in [0.5, 0.6) is 0 Å². The number of hydrogen-bond acceptors (Lipinski definition) is 4. The number of nitrogens with one attached hydrogen (secondary N) is 1. The summed E-state index contributed by atoms with van der Waals surface area (Å²) in [6.45, 7) is 1.87. The van der Waals surface area contributed by atoms with E-state index in [2.05, 4.69) is 10.3 Å². The number of hydrogen-bond donors (Lipinski definition) is 2. The standard InChI is InChI=1S/C15H17ClN2O2S/c1-9(13(8-19)21-2)17-15(20)12-7-10-5-3-4-6-11(10)14(16)18-12/h3-7,9,13,19H,8H2,1-2H3,(H,17,20). The Hall–Kier alpha value is -1.30. The molecule has 6 heteroatoms. The third-order valence-corrected chi connectivity index (χ3v) is 4.78. The van der Waals surface area contributed by atoms with Crippen LogP contribution in [-0.4, -0.2) is 40.2 Å². The summed E-state index contributed by atoms with van der Waals surface area (Å²) < 4.78 is 0. The fourth-order valence-electron chi connectivity index (χ4n) is 2.08. The third-order valence-electron chi connectivity index (χ3n) is 3.33. The molecule has 2 atom stereocenters. The van der Waals surface area contributed by atoms with Crippen molar-refractivity contribution in [2.75, 3.05) is 12.9 Å². The maximum atomic E-state index is 12.3. The molecule has 2 rings (SSSR count). The van der Waals surface area contributed by atoms with Crippen LogP contribution in [0.3, 0.4) is 0 Å². The van der Waals surface area contributed by atoms with Gasteiger partial charge >= 0.3 is 0 Å². The number of nitrogens with zero attached hydrogens (tertiary/aromatic N) is 1. The van der Waals surface area contributed by atoms with Crippen molar-refractivity contribution in [3.63, 3.8) is 0 Å². The number of amides is 1. The molecule has 1 aromatic carbocycles. The number of aromatic nitrogens is 1. The Morgan fingerprint density at radius 3 is 2.86 bits per heavy atom. The number of aliphatic hydroxyl groups excluding tert-OH is 1. The molecule has 0 bridgehead atoms. The molecule has 0 aliphatic carbocycles. The first-order valence-corrected chi connectivity index (χ1v) is 8.23. The van der Waals surface area contributed by atoms with Gasteiger partial charge in [0.15, 0.2) is 0 Å². The van der Waals surface area contributed by atoms with Gasteiger partial charge in [-0.05, 0) is 24.6 Å². The Balaban J connectivity index is 2.23. The molecule has 0 aliphatic rings. The Morgan fingerprint density at radius 1 is 1.48 bits per heavy atom. The highest BCUT2D eigenvalue weighted by Crippen LogP contribution is 2.22. The van der Waals surface area contributed by atoms with Crippen LogP contribution in [-0.2, 0) is 0 Å². The van der Waals surface area contributed by atoms with Gasteiger partial charge in [-0.3, -0.25) is 4.79 Å². The van der Waals surface area contributed by atoms with Crippen LogP contribution in [0.15, 0.2) is 30.3 Å². The molecule has 21 heavy (non-hydrogen) atoms. The number of carbonyl (C=O) groups is 1. The quantitative estimate of drug-likeness (QED) is 0.830. The SMILES string of the molecule is CSC(CO)C(C)NC(=O)c1cc2ccccc2c(Cl)n1. The fourth-order valence-corrected chi connectivity index (χ4v) is 2.97. The van der Waals surface area contributed by atoms with Crippen LogP contribution >= 0.6 is 23.4 Å². The van der Waals surface area contributed by atoms with Crippen LogP contribution in [0, 0.1) is 0 Å². The Labute approximate surface area is 132 Å². The van der Waals surface area contributed by atoms with Crippen molar-refractivity contribution in [3.05, 3.63) is 41.2 Å². The van der Waals surface area contributed by atoms with Gasteiger partial charge in [0.05, 0.1) is 6.61 Å². The van der Waals surface area contributed by atoms with Gasteiger partial charge in [0, 0.05) is 16.7 Å². The maximum absolute atomic E-state index is 12.3. The molecule has 1 aromatic heterocycles. The molecule has 2 aromatic rings. The Morgan fingerprint density at radius 2 is 2.19 bits per heavy atom. The molecule has 0 saturated carbocycles. The summed E-state index contributed by atoms with van der Waals surface area (Å²) in [4.78, 5) is 16.4. The van der Waals surface area contributed by atoms with Crippen LogP contribution in [0.2, 0.25) is 5.15 Å². The molecule has 0 radical (unpaired) electrons. The van der Waals surface area contributed by atoms with Crippen molar-refractivity contribution in [1.82, 2.24) is 10.3 Å². The van der Waals surface area contributed by atoms with Gasteiger partial charge in [-0.2, -0.15) is 11.8 Å². The van der Waals surface area contributed by atoms with Gasteiger partial charge in [0.25, 0.3) is 5.91 Å². The number of rotatable bonds is 5. The molecule has 0 spiro atoms. The van der Waals surface area contributed by atoms with E-state index in [1.807, 2.05) is 37.4 Å². The molecular weight excluding hydrogens is 308 g/mol. The van der Waals surface area contributed by atoms with Gasteiger partial charge in [0.1, 0.15) is 10.8 Å². The average Bonchev–Trinajstić information content (AvgIpc) is 2.48. The van der Waals surface area contributed by atoms with E-state index in [9.17, 15) is 9.90 Å². The number of pyridine rings is 1. The number of halogens is 1. The van der Waals surface area contributed by atoms with Crippen molar-refractivity contribution in [2.24, 2.45) is 0 Å². The summed E-state index contributed by atoms with van der Waals surface area (Å²) in [6.07, 6.45) is 1.90. The van der Waals surface area contributed by atoms with Crippen molar-refractivity contribution < 1.29 is 9.90 Å². The van der Waals surface area contributed by atoms with E-state index in [1.165, 1.54) is 11.8 Å². The molecule has 0 fully saturated rings. The van der Waals surface area contributed by atoms with E-state index in [1.54, 1.807) is 6.07 Å². The van der Waals surface area contributed by atoms with Crippen molar-refractivity contribution in [3.8, 4) is 0 Å². The minimum absolute atomic E-state index is 0.00845. The van der Waals surface area contributed by atoms with Crippen molar-refractivity contribution in [1.29, 1.82) is 0 Å². The second-order valence-corrected chi connectivity index (χ2v) is 6.17. The van der Waals surface area contributed by atoms with Gasteiger partial charge in [-0.1, -0.05) is 35.9 Å². The molecule has 2 N–H and O–H groups in total. The molecule has 1 amide bonds. The first-order valence-electron chi connectivity index (χ1n) is 6.56. The topological polar surface area (TPSA) is 62.2 Å². The van der Waals surface area contributed by atoms with E-state index in [0.29, 0.717) is 5.15 Å². The zero-order valence-electron chi connectivity index (χ0n) is 11.8. The van der Waals surface area contributed by atoms with E-state index in [0.717, 1.165) is 10.8 Å². The second-order valence-electron chi connectivity index (χ2n) is 4.74. The Bertz CT molecular complexity index is 647. The highest BCUT2D eigenvalue weighted by molar-refractivity contribution is 7.99. The van der Waals surface area contributed by atoms with Gasteiger partial charge in [-0.25, -0.2) is 4.98 Å². The van der Waals surface area contributed by atoms with Crippen molar-refractivity contribution in [2.45, 2.75) is 18.2 Å².